The molecular weight excluding hydrogens is 432 g/mol. The van der Waals surface area contributed by atoms with Crippen LogP contribution in [0.1, 0.15) is 33.7 Å². The van der Waals surface area contributed by atoms with Gasteiger partial charge in [-0.3, -0.25) is 9.59 Å². The number of para-hydroxylation sites is 1. The maximum absolute atomic E-state index is 12.8. The molecule has 0 spiro atoms. The number of nitrogens with two attached hydrogens (primary N) is 1. The Labute approximate surface area is 190 Å². The van der Waals surface area contributed by atoms with Gasteiger partial charge in [-0.25, -0.2) is 9.50 Å². The lowest BCUT2D eigenvalue weighted by Crippen LogP contribution is -2.37. The average Bonchev–Trinajstić information content (AvgIpc) is 3.18. The van der Waals surface area contributed by atoms with Gasteiger partial charge in [0.2, 0.25) is 5.91 Å². The summed E-state index contributed by atoms with van der Waals surface area (Å²) in [5.41, 5.74) is 10.1. The molecule has 1 aliphatic rings. The number of amides is 2. The quantitative estimate of drug-likeness (QED) is 0.589. The minimum Gasteiger partial charge on any atom is -0.378 e. The van der Waals surface area contributed by atoms with E-state index in [0.717, 1.165) is 22.6 Å². The number of hydrogen-bond acceptors (Lipinski definition) is 6. The number of carbonyl (C=O) groups excluding carboxylic acids is 2. The topological polar surface area (TPSA) is 115 Å². The molecule has 0 radical (unpaired) electrons. The minimum atomic E-state index is -0.573. The monoisotopic (exact) mass is 456 g/mol. The first-order valence-electron chi connectivity index (χ1n) is 10.4. The van der Waals surface area contributed by atoms with Crippen LogP contribution in [0.2, 0.25) is 5.02 Å². The van der Waals surface area contributed by atoms with Gasteiger partial charge in [0.25, 0.3) is 5.91 Å². The van der Waals surface area contributed by atoms with Gasteiger partial charge in [-0.1, -0.05) is 17.7 Å². The zero-order valence-electron chi connectivity index (χ0n) is 18.0. The van der Waals surface area contributed by atoms with Crippen molar-refractivity contribution in [3.63, 3.8) is 0 Å². The number of fused-ring (bicyclic) bond motifs is 1. The van der Waals surface area contributed by atoms with Crippen molar-refractivity contribution < 1.29 is 14.3 Å². The van der Waals surface area contributed by atoms with E-state index in [4.69, 9.17) is 22.1 Å². The van der Waals surface area contributed by atoms with Gasteiger partial charge in [0.15, 0.2) is 5.65 Å². The van der Waals surface area contributed by atoms with Gasteiger partial charge in [-0.15, -0.1) is 0 Å². The Bertz CT molecular complexity index is 1190. The lowest BCUT2D eigenvalue weighted by Gasteiger charge is -2.31. The number of halogens is 1. The zero-order valence-corrected chi connectivity index (χ0v) is 18.8. The van der Waals surface area contributed by atoms with Gasteiger partial charge in [0.1, 0.15) is 5.56 Å². The van der Waals surface area contributed by atoms with Crippen molar-refractivity contribution in [1.29, 1.82) is 0 Å². The molecule has 4 rings (SSSR count). The van der Waals surface area contributed by atoms with Crippen LogP contribution in [0, 0.1) is 13.8 Å². The van der Waals surface area contributed by atoms with E-state index in [1.807, 2.05) is 32.0 Å². The molecule has 1 saturated heterocycles. The number of aryl methyl sites for hydroxylation is 2. The molecular formula is C22H25ClN6O3. The van der Waals surface area contributed by atoms with E-state index < -0.39 is 5.91 Å². The molecule has 1 fully saturated rings. The molecule has 32 heavy (non-hydrogen) atoms. The summed E-state index contributed by atoms with van der Waals surface area (Å²) >= 11 is 6.46. The molecule has 2 amide bonds. The Morgan fingerprint density at radius 3 is 2.72 bits per heavy atom. The number of nitrogens with one attached hydrogen (secondary N) is 1. The van der Waals surface area contributed by atoms with Crippen molar-refractivity contribution in [3.05, 3.63) is 51.9 Å². The van der Waals surface area contributed by atoms with Gasteiger partial charge < -0.3 is 20.7 Å². The Balaban J connectivity index is 1.51. The number of nitrogens with zero attached hydrogens (tertiary/aromatic N) is 4. The third-order valence-corrected chi connectivity index (χ3v) is 5.97. The lowest BCUT2D eigenvalue weighted by atomic mass is 10.1. The van der Waals surface area contributed by atoms with Crippen LogP contribution in [-0.4, -0.2) is 52.7 Å². The van der Waals surface area contributed by atoms with Gasteiger partial charge in [-0.05, 0) is 38.0 Å². The summed E-state index contributed by atoms with van der Waals surface area (Å²) in [6, 6.07) is 5.50. The fraction of sp³-hybridized carbons (Fsp3) is 0.364. The largest absolute Gasteiger partial charge is 0.378 e. The Kier molecular flexibility index (Phi) is 6.29. The second-order valence-corrected chi connectivity index (χ2v) is 8.11. The SMILES string of the molecule is Cc1nc2c(C(N)=O)cnn2c(C)c1CCC(=O)Nc1cccc(Cl)c1N1CCOCC1. The molecule has 10 heteroatoms. The summed E-state index contributed by atoms with van der Waals surface area (Å²) in [7, 11) is 0. The molecule has 168 valence electrons. The van der Waals surface area contributed by atoms with Crippen LogP contribution in [0.25, 0.3) is 5.65 Å². The predicted molar refractivity (Wildman–Crippen MR) is 122 cm³/mol. The molecule has 9 nitrogen and oxygen atoms in total. The molecule has 3 N–H and O–H groups in total. The second-order valence-electron chi connectivity index (χ2n) is 7.70. The number of aromatic nitrogens is 3. The molecule has 2 aromatic heterocycles. The van der Waals surface area contributed by atoms with E-state index in [-0.39, 0.29) is 17.9 Å². The van der Waals surface area contributed by atoms with E-state index >= 15 is 0 Å². The number of ether oxygens (including phenoxy) is 1. The van der Waals surface area contributed by atoms with Gasteiger partial charge in [-0.2, -0.15) is 5.10 Å². The summed E-state index contributed by atoms with van der Waals surface area (Å²) in [5, 5.41) is 7.83. The number of hydrogen-bond donors (Lipinski definition) is 2. The molecule has 0 aliphatic carbocycles. The third kappa shape index (κ3) is 4.26. The molecule has 1 aromatic carbocycles. The summed E-state index contributed by atoms with van der Waals surface area (Å²) in [5.74, 6) is -0.699. The summed E-state index contributed by atoms with van der Waals surface area (Å²) in [6.07, 6.45) is 2.15. The van der Waals surface area contributed by atoms with Gasteiger partial charge in [0, 0.05) is 30.9 Å². The van der Waals surface area contributed by atoms with Crippen molar-refractivity contribution in [2.75, 3.05) is 36.5 Å². The molecule has 3 aromatic rings. The van der Waals surface area contributed by atoms with Crippen molar-refractivity contribution >= 4 is 40.4 Å². The number of morpholine rings is 1. The smallest absolute Gasteiger partial charge is 0.254 e. The number of anilines is 2. The summed E-state index contributed by atoms with van der Waals surface area (Å²) in [4.78, 5) is 31.0. The highest BCUT2D eigenvalue weighted by Crippen LogP contribution is 2.34. The van der Waals surface area contributed by atoms with E-state index in [2.05, 4.69) is 20.3 Å². The first-order valence-corrected chi connectivity index (χ1v) is 10.8. The van der Waals surface area contributed by atoms with Crippen LogP contribution in [0.4, 0.5) is 11.4 Å². The average molecular weight is 457 g/mol. The summed E-state index contributed by atoms with van der Waals surface area (Å²) < 4.78 is 7.02. The predicted octanol–water partition coefficient (Wildman–Crippen LogP) is 2.51. The maximum Gasteiger partial charge on any atom is 0.254 e. The normalized spacial score (nSPS) is 14.0. The highest BCUT2D eigenvalue weighted by Gasteiger charge is 2.20. The zero-order chi connectivity index (χ0) is 22.8. The maximum atomic E-state index is 12.8. The van der Waals surface area contributed by atoms with Crippen molar-refractivity contribution in [3.8, 4) is 0 Å². The van der Waals surface area contributed by atoms with Crippen molar-refractivity contribution in [2.24, 2.45) is 5.73 Å². The lowest BCUT2D eigenvalue weighted by molar-refractivity contribution is -0.116. The van der Waals surface area contributed by atoms with Gasteiger partial charge >= 0.3 is 0 Å². The molecule has 3 heterocycles. The van der Waals surface area contributed by atoms with Crippen molar-refractivity contribution in [2.45, 2.75) is 26.7 Å². The Morgan fingerprint density at radius 1 is 1.25 bits per heavy atom. The van der Waals surface area contributed by atoms with Crippen molar-refractivity contribution in [1.82, 2.24) is 14.6 Å². The molecule has 0 atom stereocenters. The number of primary amides is 1. The second kappa shape index (κ2) is 9.13. The Morgan fingerprint density at radius 2 is 2.00 bits per heavy atom. The standard InChI is InChI=1S/C22H25ClN6O3/c1-13-15(14(2)29-22(26-13)16(12-25-29)21(24)31)6-7-19(30)27-18-5-3-4-17(23)20(18)28-8-10-32-11-9-28/h3-5,12H,6-11H2,1-2H3,(H2,24,31)(H,27,30). The molecule has 0 unspecified atom stereocenters. The van der Waals surface area contributed by atoms with E-state index in [1.165, 1.54) is 6.20 Å². The van der Waals surface area contributed by atoms with E-state index in [9.17, 15) is 9.59 Å². The first kappa shape index (κ1) is 22.0. The van der Waals surface area contributed by atoms with Crippen LogP contribution in [0.15, 0.2) is 24.4 Å². The number of rotatable bonds is 6. The number of carbonyl (C=O) groups is 2. The van der Waals surface area contributed by atoms with Crippen LogP contribution in [-0.2, 0) is 16.0 Å². The Hall–Kier alpha value is -3.17. The fourth-order valence-electron chi connectivity index (χ4n) is 4.02. The third-order valence-electron chi connectivity index (χ3n) is 5.66. The van der Waals surface area contributed by atoms with E-state index in [1.54, 1.807) is 4.52 Å². The van der Waals surface area contributed by atoms with E-state index in [0.29, 0.717) is 49.1 Å². The minimum absolute atomic E-state index is 0.126. The number of benzene rings is 1. The highest BCUT2D eigenvalue weighted by atomic mass is 35.5. The fourth-order valence-corrected chi connectivity index (χ4v) is 4.32. The van der Waals surface area contributed by atoms with Crippen LogP contribution >= 0.6 is 11.6 Å². The molecule has 0 bridgehead atoms. The highest BCUT2D eigenvalue weighted by molar-refractivity contribution is 6.34. The van der Waals surface area contributed by atoms with Crippen LogP contribution < -0.4 is 16.0 Å². The first-order chi connectivity index (χ1) is 15.4. The molecule has 1 aliphatic heterocycles. The van der Waals surface area contributed by atoms with Crippen LogP contribution in [0.3, 0.4) is 0 Å². The summed E-state index contributed by atoms with van der Waals surface area (Å²) in [6.45, 7) is 6.42. The van der Waals surface area contributed by atoms with Gasteiger partial charge in [0.05, 0.1) is 35.8 Å². The molecule has 0 saturated carbocycles. The van der Waals surface area contributed by atoms with Crippen LogP contribution in [0.5, 0.6) is 0 Å².